The van der Waals surface area contributed by atoms with Gasteiger partial charge in [0.25, 0.3) is 5.91 Å². The number of aromatic nitrogens is 1. The second kappa shape index (κ2) is 10.7. The standard InChI is InChI=1S/C33H29FN2O/c1-23(2)31-30(33(37)35-28-16-10-5-11-17-28)29(25-14-8-4-9-15-25)32(26-18-20-27(34)21-19-26)36(31)22-24-12-6-3-7-13-24/h3-21,23H,22H2,1-2H3,(H,35,37). The molecule has 37 heavy (non-hydrogen) atoms. The lowest BCUT2D eigenvalue weighted by atomic mass is 9.94. The van der Waals surface area contributed by atoms with E-state index in [2.05, 4.69) is 35.9 Å². The lowest BCUT2D eigenvalue weighted by Crippen LogP contribution is -2.16. The fraction of sp³-hybridized carbons (Fsp3) is 0.121. The number of nitrogens with zero attached hydrogens (tertiary/aromatic N) is 1. The largest absolute Gasteiger partial charge is 0.339 e. The Hall–Kier alpha value is -4.44. The molecule has 0 fully saturated rings. The maximum atomic E-state index is 14.1. The number of carbonyl (C=O) groups excluding carboxylic acids is 1. The number of benzene rings is 4. The quantitative estimate of drug-likeness (QED) is 0.245. The molecule has 4 aromatic carbocycles. The molecule has 4 heteroatoms. The molecule has 0 bridgehead atoms. The van der Waals surface area contributed by atoms with Crippen LogP contribution in [0.2, 0.25) is 0 Å². The minimum atomic E-state index is -0.294. The molecule has 1 N–H and O–H groups in total. The molecule has 0 unspecified atom stereocenters. The van der Waals surface area contributed by atoms with E-state index in [-0.39, 0.29) is 17.6 Å². The third-order valence-electron chi connectivity index (χ3n) is 6.47. The van der Waals surface area contributed by atoms with Crippen LogP contribution < -0.4 is 5.32 Å². The van der Waals surface area contributed by atoms with Gasteiger partial charge in [-0.1, -0.05) is 92.7 Å². The summed E-state index contributed by atoms with van der Waals surface area (Å²) in [4.78, 5) is 14.1. The van der Waals surface area contributed by atoms with Gasteiger partial charge in [0, 0.05) is 23.5 Å². The number of halogens is 1. The van der Waals surface area contributed by atoms with Crippen LogP contribution >= 0.6 is 0 Å². The second-order valence-corrected chi connectivity index (χ2v) is 9.40. The maximum Gasteiger partial charge on any atom is 0.258 e. The van der Waals surface area contributed by atoms with Crippen LogP contribution in [0.25, 0.3) is 22.4 Å². The van der Waals surface area contributed by atoms with Crippen molar-refractivity contribution in [2.75, 3.05) is 5.32 Å². The molecule has 0 saturated carbocycles. The van der Waals surface area contributed by atoms with Gasteiger partial charge in [-0.3, -0.25) is 4.79 Å². The highest BCUT2D eigenvalue weighted by Crippen LogP contribution is 2.42. The summed E-state index contributed by atoms with van der Waals surface area (Å²) in [6.45, 7) is 4.80. The van der Waals surface area contributed by atoms with E-state index < -0.39 is 0 Å². The highest BCUT2D eigenvalue weighted by atomic mass is 19.1. The highest BCUT2D eigenvalue weighted by molar-refractivity contribution is 6.12. The zero-order chi connectivity index (χ0) is 25.8. The van der Waals surface area contributed by atoms with Crippen LogP contribution in [0.1, 0.15) is 41.4 Å². The Kier molecular flexibility index (Phi) is 7.00. The summed E-state index contributed by atoms with van der Waals surface area (Å²) in [6.07, 6.45) is 0. The number of anilines is 1. The number of rotatable bonds is 7. The van der Waals surface area contributed by atoms with E-state index in [0.29, 0.717) is 12.1 Å². The first kappa shape index (κ1) is 24.3. The zero-order valence-electron chi connectivity index (χ0n) is 21.0. The summed E-state index contributed by atoms with van der Waals surface area (Å²) >= 11 is 0. The first-order valence-corrected chi connectivity index (χ1v) is 12.5. The van der Waals surface area contributed by atoms with Crippen molar-refractivity contribution in [3.63, 3.8) is 0 Å². The van der Waals surface area contributed by atoms with E-state index in [1.807, 2.05) is 78.9 Å². The molecular weight excluding hydrogens is 459 g/mol. The van der Waals surface area contributed by atoms with Crippen molar-refractivity contribution in [1.29, 1.82) is 0 Å². The molecule has 5 rings (SSSR count). The van der Waals surface area contributed by atoms with Crippen molar-refractivity contribution in [3.05, 3.63) is 138 Å². The van der Waals surface area contributed by atoms with E-state index in [4.69, 9.17) is 0 Å². The van der Waals surface area contributed by atoms with Crippen molar-refractivity contribution in [1.82, 2.24) is 4.57 Å². The molecule has 0 atom stereocenters. The monoisotopic (exact) mass is 488 g/mol. The molecule has 0 saturated heterocycles. The minimum absolute atomic E-state index is 0.0527. The van der Waals surface area contributed by atoms with Gasteiger partial charge in [0.2, 0.25) is 0 Å². The van der Waals surface area contributed by atoms with E-state index in [1.54, 1.807) is 12.1 Å². The van der Waals surface area contributed by atoms with Gasteiger partial charge in [0.05, 0.1) is 11.3 Å². The van der Waals surface area contributed by atoms with E-state index in [9.17, 15) is 9.18 Å². The van der Waals surface area contributed by atoms with Gasteiger partial charge in [-0.15, -0.1) is 0 Å². The van der Waals surface area contributed by atoms with E-state index in [1.165, 1.54) is 12.1 Å². The number of hydrogen-bond acceptors (Lipinski definition) is 1. The van der Waals surface area contributed by atoms with Crippen molar-refractivity contribution < 1.29 is 9.18 Å². The smallest absolute Gasteiger partial charge is 0.258 e. The molecule has 184 valence electrons. The summed E-state index contributed by atoms with van der Waals surface area (Å²) < 4.78 is 16.2. The molecule has 0 radical (unpaired) electrons. The Morgan fingerprint density at radius 2 is 1.32 bits per heavy atom. The Morgan fingerprint density at radius 3 is 1.92 bits per heavy atom. The molecule has 1 heterocycles. The van der Waals surface area contributed by atoms with Crippen LogP contribution in [-0.4, -0.2) is 10.5 Å². The number of carbonyl (C=O) groups is 1. The molecule has 3 nitrogen and oxygen atoms in total. The van der Waals surface area contributed by atoms with Crippen molar-refractivity contribution >= 4 is 11.6 Å². The Bertz CT molecular complexity index is 1490. The number of hydrogen-bond donors (Lipinski definition) is 1. The van der Waals surface area contributed by atoms with Crippen LogP contribution in [0.5, 0.6) is 0 Å². The molecule has 1 amide bonds. The van der Waals surface area contributed by atoms with Gasteiger partial charge in [-0.05, 0) is 59.0 Å². The molecule has 0 aliphatic carbocycles. The summed E-state index contributed by atoms with van der Waals surface area (Å²) in [5.41, 5.74) is 6.98. The summed E-state index contributed by atoms with van der Waals surface area (Å²) in [6, 6.07) is 36.2. The fourth-order valence-electron chi connectivity index (χ4n) is 4.91. The predicted octanol–water partition coefficient (Wildman–Crippen LogP) is 8.39. The third-order valence-corrected chi connectivity index (χ3v) is 6.47. The summed E-state index contributed by atoms with van der Waals surface area (Å²) in [5.74, 6) is -0.405. The van der Waals surface area contributed by atoms with Gasteiger partial charge >= 0.3 is 0 Å². The molecular formula is C33H29FN2O. The Morgan fingerprint density at radius 1 is 0.757 bits per heavy atom. The number of nitrogens with one attached hydrogen (secondary N) is 1. The van der Waals surface area contributed by atoms with Crippen LogP contribution in [0.4, 0.5) is 10.1 Å². The SMILES string of the molecule is CC(C)c1c(C(=O)Nc2ccccc2)c(-c2ccccc2)c(-c2ccc(F)cc2)n1Cc1ccccc1. The fourth-order valence-corrected chi connectivity index (χ4v) is 4.91. The lowest BCUT2D eigenvalue weighted by molar-refractivity contribution is 0.102. The first-order chi connectivity index (χ1) is 18.0. The molecule has 1 aromatic heterocycles. The lowest BCUT2D eigenvalue weighted by Gasteiger charge is -2.17. The van der Waals surface area contributed by atoms with Gasteiger partial charge in [0.1, 0.15) is 5.82 Å². The van der Waals surface area contributed by atoms with Gasteiger partial charge in [-0.25, -0.2) is 4.39 Å². The number of para-hydroxylation sites is 1. The molecule has 0 aliphatic heterocycles. The van der Waals surface area contributed by atoms with Crippen molar-refractivity contribution in [3.8, 4) is 22.4 Å². The van der Waals surface area contributed by atoms with Crippen LogP contribution in [0, 0.1) is 5.82 Å². The van der Waals surface area contributed by atoms with Gasteiger partial charge < -0.3 is 9.88 Å². The van der Waals surface area contributed by atoms with Crippen molar-refractivity contribution in [2.45, 2.75) is 26.3 Å². The van der Waals surface area contributed by atoms with Crippen LogP contribution in [0.15, 0.2) is 115 Å². The number of amides is 1. The Balaban J connectivity index is 1.82. The zero-order valence-corrected chi connectivity index (χ0v) is 21.0. The topological polar surface area (TPSA) is 34.0 Å². The van der Waals surface area contributed by atoms with Crippen LogP contribution in [-0.2, 0) is 6.54 Å². The molecule has 0 aliphatic rings. The average molecular weight is 489 g/mol. The summed E-state index contributed by atoms with van der Waals surface area (Å²) in [7, 11) is 0. The average Bonchev–Trinajstić information content (AvgIpc) is 3.26. The normalized spacial score (nSPS) is 11.0. The second-order valence-electron chi connectivity index (χ2n) is 9.40. The first-order valence-electron chi connectivity index (χ1n) is 12.5. The van der Waals surface area contributed by atoms with Gasteiger partial charge in [0.15, 0.2) is 0 Å². The minimum Gasteiger partial charge on any atom is -0.339 e. The Labute approximate surface area is 217 Å². The maximum absolute atomic E-state index is 14.1. The van der Waals surface area contributed by atoms with Gasteiger partial charge in [-0.2, -0.15) is 0 Å². The van der Waals surface area contributed by atoms with Crippen molar-refractivity contribution in [2.24, 2.45) is 0 Å². The third kappa shape index (κ3) is 5.10. The van der Waals surface area contributed by atoms with E-state index >= 15 is 0 Å². The summed E-state index contributed by atoms with van der Waals surface area (Å²) in [5, 5.41) is 3.12. The van der Waals surface area contributed by atoms with E-state index in [0.717, 1.165) is 39.3 Å². The highest BCUT2D eigenvalue weighted by Gasteiger charge is 2.30. The predicted molar refractivity (Wildman–Crippen MR) is 149 cm³/mol. The van der Waals surface area contributed by atoms with Crippen LogP contribution in [0.3, 0.4) is 0 Å². The molecule has 0 spiro atoms. The molecule has 5 aromatic rings.